The van der Waals surface area contributed by atoms with Crippen molar-refractivity contribution in [1.29, 1.82) is 0 Å². The molecule has 3 heterocycles. The van der Waals surface area contributed by atoms with Crippen molar-refractivity contribution in [2.45, 2.75) is 38.5 Å². The number of carbonyl (C=O) groups excluding carboxylic acids is 3. The van der Waals surface area contributed by atoms with E-state index in [4.69, 9.17) is 4.98 Å². The highest BCUT2D eigenvalue weighted by Gasteiger charge is 2.30. The molecule has 0 saturated carbocycles. The third kappa shape index (κ3) is 3.63. The van der Waals surface area contributed by atoms with Gasteiger partial charge in [-0.1, -0.05) is 12.1 Å². The molecule has 4 aromatic rings. The Hall–Kier alpha value is -3.36. The number of para-hydroxylation sites is 1. The number of thiazole rings is 1. The third-order valence-corrected chi connectivity index (χ3v) is 8.61. The first kappa shape index (κ1) is 21.2. The van der Waals surface area contributed by atoms with Crippen LogP contribution in [0.5, 0.6) is 0 Å². The van der Waals surface area contributed by atoms with E-state index >= 15 is 0 Å². The highest BCUT2D eigenvalue weighted by molar-refractivity contribution is 7.23. The Labute approximate surface area is 204 Å². The van der Waals surface area contributed by atoms with Gasteiger partial charge in [0.25, 0.3) is 5.91 Å². The van der Waals surface area contributed by atoms with Gasteiger partial charge in [-0.2, -0.15) is 0 Å². The van der Waals surface area contributed by atoms with E-state index in [9.17, 15) is 14.4 Å². The van der Waals surface area contributed by atoms with Crippen molar-refractivity contribution < 1.29 is 14.4 Å². The maximum atomic E-state index is 13.2. The molecule has 1 saturated heterocycles. The topological polar surface area (TPSA) is 79.4 Å². The molecule has 3 amide bonds. The number of hydrogen-bond acceptors (Lipinski definition) is 6. The maximum Gasteiger partial charge on any atom is 0.256 e. The van der Waals surface area contributed by atoms with Crippen molar-refractivity contribution in [3.63, 3.8) is 0 Å². The van der Waals surface area contributed by atoms with Crippen molar-refractivity contribution in [3.8, 4) is 10.6 Å². The van der Waals surface area contributed by atoms with Crippen LogP contribution in [0.4, 0.5) is 10.7 Å². The number of carbonyl (C=O) groups is 3. The lowest BCUT2D eigenvalue weighted by Crippen LogP contribution is -2.28. The van der Waals surface area contributed by atoms with E-state index in [1.807, 2.05) is 18.2 Å². The van der Waals surface area contributed by atoms with E-state index in [1.54, 1.807) is 46.9 Å². The average Bonchev–Trinajstić information content (AvgIpc) is 3.53. The molecule has 0 spiro atoms. The van der Waals surface area contributed by atoms with Crippen molar-refractivity contribution in [2.24, 2.45) is 0 Å². The number of fused-ring (bicyclic) bond motifs is 2. The number of anilines is 2. The molecule has 0 bridgehead atoms. The van der Waals surface area contributed by atoms with Gasteiger partial charge in [0, 0.05) is 28.8 Å². The monoisotopic (exact) mass is 487 g/mol. The van der Waals surface area contributed by atoms with E-state index in [0.29, 0.717) is 11.3 Å². The summed E-state index contributed by atoms with van der Waals surface area (Å²) in [7, 11) is 0. The van der Waals surface area contributed by atoms with Crippen LogP contribution in [0.3, 0.4) is 0 Å². The summed E-state index contributed by atoms with van der Waals surface area (Å²) < 4.78 is 1.13. The molecule has 0 radical (unpaired) electrons. The Kier molecular flexibility index (Phi) is 5.27. The number of imide groups is 1. The van der Waals surface area contributed by atoms with E-state index in [-0.39, 0.29) is 30.6 Å². The lowest BCUT2D eigenvalue weighted by molar-refractivity contribution is -0.121. The summed E-state index contributed by atoms with van der Waals surface area (Å²) in [6.07, 6.45) is 4.80. The lowest BCUT2D eigenvalue weighted by Gasteiger charge is -2.14. The number of nitrogens with zero attached hydrogens (tertiary/aromatic N) is 2. The molecule has 1 N–H and O–H groups in total. The molecule has 0 atom stereocenters. The van der Waals surface area contributed by atoms with E-state index in [0.717, 1.165) is 51.5 Å². The zero-order valence-corrected chi connectivity index (χ0v) is 19.9. The first-order valence-electron chi connectivity index (χ1n) is 11.4. The highest BCUT2D eigenvalue weighted by atomic mass is 32.1. The molecule has 34 heavy (non-hydrogen) atoms. The van der Waals surface area contributed by atoms with Crippen LogP contribution in [-0.2, 0) is 22.4 Å². The molecular weight excluding hydrogens is 466 g/mol. The average molecular weight is 488 g/mol. The molecule has 8 heteroatoms. The lowest BCUT2D eigenvalue weighted by atomic mass is 9.95. The Bertz CT molecular complexity index is 1400. The molecule has 6 nitrogen and oxygen atoms in total. The van der Waals surface area contributed by atoms with E-state index in [1.165, 1.54) is 15.3 Å². The summed E-state index contributed by atoms with van der Waals surface area (Å²) in [5.74, 6) is -0.620. The standard InChI is InChI=1S/C26H21N3O3S2/c30-21-13-14-22(31)29(21)16-11-9-15(10-12-16)24(32)28-26-23(17-5-1-3-7-19(17)33-26)25-27-18-6-2-4-8-20(18)34-25/h2,4,6,8-12H,1,3,5,7,13-14H2,(H,28,32). The predicted octanol–water partition coefficient (Wildman–Crippen LogP) is 5.81. The number of hydrogen-bond donors (Lipinski definition) is 1. The number of rotatable bonds is 4. The summed E-state index contributed by atoms with van der Waals surface area (Å²) in [6, 6.07) is 14.7. The van der Waals surface area contributed by atoms with Crippen LogP contribution < -0.4 is 10.2 Å². The summed E-state index contributed by atoms with van der Waals surface area (Å²) in [5, 5.41) is 4.91. The van der Waals surface area contributed by atoms with Crippen LogP contribution in [0.2, 0.25) is 0 Å². The van der Waals surface area contributed by atoms with Crippen molar-refractivity contribution in [1.82, 2.24) is 4.98 Å². The summed E-state index contributed by atoms with van der Waals surface area (Å²) in [6.45, 7) is 0. The second kappa shape index (κ2) is 8.45. The van der Waals surface area contributed by atoms with Crippen LogP contribution in [0.15, 0.2) is 48.5 Å². The first-order chi connectivity index (χ1) is 16.6. The van der Waals surface area contributed by atoms with Crippen molar-refractivity contribution in [2.75, 3.05) is 10.2 Å². The zero-order chi connectivity index (χ0) is 23.2. The molecule has 1 aliphatic heterocycles. The Morgan fingerprint density at radius 1 is 0.882 bits per heavy atom. The number of amides is 3. The highest BCUT2D eigenvalue weighted by Crippen LogP contribution is 2.46. The van der Waals surface area contributed by atoms with Gasteiger partial charge < -0.3 is 5.32 Å². The van der Waals surface area contributed by atoms with Crippen LogP contribution in [0, 0.1) is 0 Å². The molecule has 2 aromatic carbocycles. The second-order valence-corrected chi connectivity index (χ2v) is 10.7. The SMILES string of the molecule is O=C(Nc1sc2c(c1-c1nc3ccccc3s1)CCCC2)c1ccc(N2C(=O)CCC2=O)cc1. The molecule has 6 rings (SSSR count). The number of aryl methyl sites for hydroxylation is 1. The van der Waals surface area contributed by atoms with Crippen LogP contribution in [-0.4, -0.2) is 22.7 Å². The normalized spacial score (nSPS) is 15.7. The number of benzene rings is 2. The summed E-state index contributed by atoms with van der Waals surface area (Å²) in [4.78, 5) is 44.6. The molecule has 2 aromatic heterocycles. The molecule has 1 fully saturated rings. The van der Waals surface area contributed by atoms with Crippen LogP contribution in [0.1, 0.15) is 46.5 Å². The smallest absolute Gasteiger partial charge is 0.256 e. The van der Waals surface area contributed by atoms with Crippen LogP contribution >= 0.6 is 22.7 Å². The quantitative estimate of drug-likeness (QED) is 0.369. The predicted molar refractivity (Wildman–Crippen MR) is 136 cm³/mol. The maximum absolute atomic E-state index is 13.2. The van der Waals surface area contributed by atoms with E-state index in [2.05, 4.69) is 11.4 Å². The fourth-order valence-corrected chi connectivity index (χ4v) is 7.06. The van der Waals surface area contributed by atoms with Crippen molar-refractivity contribution in [3.05, 3.63) is 64.5 Å². The van der Waals surface area contributed by atoms with Gasteiger partial charge in [-0.05, 0) is 67.6 Å². The molecule has 1 aliphatic carbocycles. The molecule has 2 aliphatic rings. The van der Waals surface area contributed by atoms with Gasteiger partial charge >= 0.3 is 0 Å². The third-order valence-electron chi connectivity index (χ3n) is 6.35. The Balaban J connectivity index is 1.32. The number of nitrogens with one attached hydrogen (secondary N) is 1. The van der Waals surface area contributed by atoms with Gasteiger partial charge in [0.05, 0.1) is 15.9 Å². The Morgan fingerprint density at radius 2 is 1.62 bits per heavy atom. The molecule has 0 unspecified atom stereocenters. The second-order valence-electron chi connectivity index (χ2n) is 8.53. The largest absolute Gasteiger partial charge is 0.313 e. The molecule has 170 valence electrons. The number of aromatic nitrogens is 1. The van der Waals surface area contributed by atoms with E-state index < -0.39 is 0 Å². The number of thiophene rings is 1. The van der Waals surface area contributed by atoms with Gasteiger partial charge in [-0.25, -0.2) is 4.98 Å². The fourth-order valence-electron chi connectivity index (χ4n) is 4.66. The molecular formula is C26H21N3O3S2. The fraction of sp³-hybridized carbons (Fsp3) is 0.231. The minimum atomic E-state index is -0.216. The summed E-state index contributed by atoms with van der Waals surface area (Å²) >= 11 is 3.31. The summed E-state index contributed by atoms with van der Waals surface area (Å²) in [5.41, 5.74) is 4.32. The van der Waals surface area contributed by atoms with Gasteiger partial charge in [0.15, 0.2) is 0 Å². The van der Waals surface area contributed by atoms with Crippen molar-refractivity contribution >= 4 is 61.3 Å². The van der Waals surface area contributed by atoms with Gasteiger partial charge in [0.2, 0.25) is 11.8 Å². The van der Waals surface area contributed by atoms with Gasteiger partial charge in [-0.15, -0.1) is 22.7 Å². The van der Waals surface area contributed by atoms with Crippen LogP contribution in [0.25, 0.3) is 20.8 Å². The first-order valence-corrected chi connectivity index (χ1v) is 13.0. The van der Waals surface area contributed by atoms with Gasteiger partial charge in [-0.3, -0.25) is 19.3 Å². The zero-order valence-electron chi connectivity index (χ0n) is 18.3. The minimum absolute atomic E-state index is 0.202. The Morgan fingerprint density at radius 3 is 2.38 bits per heavy atom. The van der Waals surface area contributed by atoms with Gasteiger partial charge in [0.1, 0.15) is 10.0 Å². The minimum Gasteiger partial charge on any atom is -0.313 e.